The fourth-order valence-electron chi connectivity index (χ4n) is 1.03. The second-order valence-electron chi connectivity index (χ2n) is 3.61. The maximum absolute atomic E-state index is 11.9. The quantitative estimate of drug-likeness (QED) is 0.802. The third-order valence-corrected chi connectivity index (χ3v) is 4.56. The second kappa shape index (κ2) is 5.90. The van der Waals surface area contributed by atoms with Crippen molar-refractivity contribution in [3.63, 3.8) is 0 Å². The Labute approximate surface area is 115 Å². The van der Waals surface area contributed by atoms with Gasteiger partial charge in [-0.05, 0) is 24.3 Å². The molecule has 17 heavy (non-hydrogen) atoms. The maximum Gasteiger partial charge on any atom is 0.240 e. The zero-order valence-corrected chi connectivity index (χ0v) is 12.4. The van der Waals surface area contributed by atoms with Crippen LogP contribution in [0.5, 0.6) is 0 Å². The molecule has 94 valence electrons. The molecule has 1 rings (SSSR count). The number of rotatable bonds is 5. The highest BCUT2D eigenvalue weighted by atomic mass is 79.9. The van der Waals surface area contributed by atoms with Crippen molar-refractivity contribution < 1.29 is 8.42 Å². The molecule has 0 aromatic heterocycles. The van der Waals surface area contributed by atoms with Crippen molar-refractivity contribution >= 4 is 43.2 Å². The van der Waals surface area contributed by atoms with Crippen LogP contribution in [0, 0.1) is 5.92 Å². The summed E-state index contributed by atoms with van der Waals surface area (Å²) in [5, 5.41) is 0. The number of sulfonamides is 1. The van der Waals surface area contributed by atoms with Crippen molar-refractivity contribution in [2.24, 2.45) is 11.7 Å². The molecule has 0 heterocycles. The Kier molecular flexibility index (Phi) is 5.05. The van der Waals surface area contributed by atoms with E-state index in [1.54, 1.807) is 19.1 Å². The molecular formula is C10H13BrN2O2S2. The van der Waals surface area contributed by atoms with Crippen LogP contribution in [0.2, 0.25) is 0 Å². The molecule has 0 fully saturated rings. The van der Waals surface area contributed by atoms with Crippen molar-refractivity contribution in [1.82, 2.24) is 4.72 Å². The van der Waals surface area contributed by atoms with Gasteiger partial charge in [-0.25, -0.2) is 13.1 Å². The monoisotopic (exact) mass is 336 g/mol. The average molecular weight is 337 g/mol. The molecule has 1 aromatic carbocycles. The van der Waals surface area contributed by atoms with Gasteiger partial charge in [0, 0.05) is 16.9 Å². The molecule has 0 spiro atoms. The molecule has 7 heteroatoms. The number of hydrogen-bond donors (Lipinski definition) is 2. The lowest BCUT2D eigenvalue weighted by Crippen LogP contribution is -2.33. The predicted octanol–water partition coefficient (Wildman–Crippen LogP) is 1.65. The molecule has 0 aliphatic carbocycles. The number of thiocarbonyl (C=S) groups is 1. The van der Waals surface area contributed by atoms with Gasteiger partial charge in [0.05, 0.1) is 9.88 Å². The van der Waals surface area contributed by atoms with Crippen LogP contribution in [0.3, 0.4) is 0 Å². The van der Waals surface area contributed by atoms with Gasteiger partial charge in [0.1, 0.15) is 0 Å². The molecule has 0 saturated heterocycles. The maximum atomic E-state index is 11.9. The minimum atomic E-state index is -3.49. The van der Waals surface area contributed by atoms with Gasteiger partial charge in [-0.15, -0.1) is 0 Å². The van der Waals surface area contributed by atoms with Crippen molar-refractivity contribution in [3.05, 3.63) is 28.7 Å². The van der Waals surface area contributed by atoms with E-state index in [1.165, 1.54) is 12.1 Å². The Morgan fingerprint density at radius 3 is 2.47 bits per heavy atom. The van der Waals surface area contributed by atoms with Crippen LogP contribution in [-0.2, 0) is 10.0 Å². The first kappa shape index (κ1) is 14.6. The molecule has 0 bridgehead atoms. The molecule has 1 unspecified atom stereocenters. The minimum Gasteiger partial charge on any atom is -0.393 e. The highest BCUT2D eigenvalue weighted by Crippen LogP contribution is 2.14. The lowest BCUT2D eigenvalue weighted by Gasteiger charge is -2.11. The summed E-state index contributed by atoms with van der Waals surface area (Å²) in [6.07, 6.45) is 0. The van der Waals surface area contributed by atoms with Crippen molar-refractivity contribution in [2.45, 2.75) is 11.8 Å². The molecule has 1 aromatic rings. The lowest BCUT2D eigenvalue weighted by atomic mass is 10.2. The summed E-state index contributed by atoms with van der Waals surface area (Å²) in [4.78, 5) is 0.513. The van der Waals surface area contributed by atoms with Crippen LogP contribution >= 0.6 is 28.1 Å². The summed E-state index contributed by atoms with van der Waals surface area (Å²) in [5.74, 6) is -0.171. The van der Waals surface area contributed by atoms with Crippen LogP contribution < -0.4 is 10.5 Å². The minimum absolute atomic E-state index is 0.171. The Morgan fingerprint density at radius 2 is 2.00 bits per heavy atom. The van der Waals surface area contributed by atoms with Crippen LogP contribution in [0.4, 0.5) is 0 Å². The van der Waals surface area contributed by atoms with Gasteiger partial charge in [-0.2, -0.15) is 0 Å². The van der Waals surface area contributed by atoms with E-state index in [9.17, 15) is 8.42 Å². The Balaban J connectivity index is 2.76. The zero-order chi connectivity index (χ0) is 13.1. The highest BCUT2D eigenvalue weighted by molar-refractivity contribution is 9.10. The lowest BCUT2D eigenvalue weighted by molar-refractivity contribution is 0.575. The number of nitrogens with two attached hydrogens (primary N) is 1. The van der Waals surface area contributed by atoms with E-state index in [0.717, 1.165) is 4.47 Å². The Hall–Kier alpha value is -0.500. The third-order valence-electron chi connectivity index (χ3n) is 2.19. The molecule has 1 atom stereocenters. The SMILES string of the molecule is CC(CNS(=O)(=O)c1ccc(Br)cc1)C(N)=S. The normalized spacial score (nSPS) is 13.3. The van der Waals surface area contributed by atoms with Crippen molar-refractivity contribution in [3.8, 4) is 0 Å². The summed E-state index contributed by atoms with van der Waals surface area (Å²) in [7, 11) is -3.49. The van der Waals surface area contributed by atoms with E-state index in [0.29, 0.717) is 4.99 Å². The first-order valence-corrected chi connectivity index (χ1v) is 7.56. The molecule has 4 nitrogen and oxygen atoms in total. The summed E-state index contributed by atoms with van der Waals surface area (Å²) in [6, 6.07) is 6.40. The van der Waals surface area contributed by atoms with E-state index in [4.69, 9.17) is 18.0 Å². The number of benzene rings is 1. The smallest absolute Gasteiger partial charge is 0.240 e. The van der Waals surface area contributed by atoms with Crippen LogP contribution in [0.25, 0.3) is 0 Å². The van der Waals surface area contributed by atoms with Gasteiger partial charge in [-0.1, -0.05) is 35.1 Å². The van der Waals surface area contributed by atoms with Crippen LogP contribution in [-0.4, -0.2) is 20.0 Å². The molecule has 0 amide bonds. The van der Waals surface area contributed by atoms with E-state index in [2.05, 4.69) is 20.7 Å². The first-order valence-electron chi connectivity index (χ1n) is 4.87. The van der Waals surface area contributed by atoms with Gasteiger partial charge in [0.25, 0.3) is 0 Å². The standard InChI is InChI=1S/C10H13BrN2O2S2/c1-7(10(12)16)6-13-17(14,15)9-4-2-8(11)3-5-9/h2-5,7,13H,6H2,1H3,(H2,12,16). The summed E-state index contributed by atoms with van der Waals surface area (Å²) in [5.41, 5.74) is 5.41. The predicted molar refractivity (Wildman–Crippen MR) is 75.3 cm³/mol. The average Bonchev–Trinajstić information content (AvgIpc) is 2.26. The number of hydrogen-bond acceptors (Lipinski definition) is 3. The third kappa shape index (κ3) is 4.34. The Morgan fingerprint density at radius 1 is 1.47 bits per heavy atom. The van der Waals surface area contributed by atoms with E-state index in [1.807, 2.05) is 0 Å². The van der Waals surface area contributed by atoms with Gasteiger partial charge >= 0.3 is 0 Å². The van der Waals surface area contributed by atoms with E-state index in [-0.39, 0.29) is 17.4 Å². The van der Waals surface area contributed by atoms with Gasteiger partial charge in [0.15, 0.2) is 0 Å². The zero-order valence-electron chi connectivity index (χ0n) is 9.18. The number of nitrogens with one attached hydrogen (secondary N) is 1. The van der Waals surface area contributed by atoms with Crippen molar-refractivity contribution in [1.29, 1.82) is 0 Å². The van der Waals surface area contributed by atoms with Gasteiger partial charge in [-0.3, -0.25) is 0 Å². The van der Waals surface area contributed by atoms with Crippen molar-refractivity contribution in [2.75, 3.05) is 6.54 Å². The molecular weight excluding hydrogens is 324 g/mol. The fourth-order valence-corrected chi connectivity index (χ4v) is 2.51. The molecule has 0 saturated carbocycles. The largest absolute Gasteiger partial charge is 0.393 e. The Bertz CT molecular complexity index is 500. The second-order valence-corrected chi connectivity index (χ2v) is 6.76. The fraction of sp³-hybridized carbons (Fsp3) is 0.300. The first-order chi connectivity index (χ1) is 7.83. The summed E-state index contributed by atoms with van der Waals surface area (Å²) < 4.78 is 27.0. The molecule has 0 aliphatic rings. The summed E-state index contributed by atoms with van der Waals surface area (Å²) >= 11 is 8.02. The highest BCUT2D eigenvalue weighted by Gasteiger charge is 2.15. The molecule has 3 N–H and O–H groups in total. The van der Waals surface area contributed by atoms with E-state index >= 15 is 0 Å². The van der Waals surface area contributed by atoms with Crippen LogP contribution in [0.15, 0.2) is 33.6 Å². The van der Waals surface area contributed by atoms with Gasteiger partial charge < -0.3 is 5.73 Å². The summed E-state index contributed by atoms with van der Waals surface area (Å²) in [6.45, 7) is 1.97. The van der Waals surface area contributed by atoms with Crippen LogP contribution in [0.1, 0.15) is 6.92 Å². The number of halogens is 1. The van der Waals surface area contributed by atoms with E-state index < -0.39 is 10.0 Å². The topological polar surface area (TPSA) is 72.2 Å². The van der Waals surface area contributed by atoms with Gasteiger partial charge in [0.2, 0.25) is 10.0 Å². The molecule has 0 aliphatic heterocycles. The molecule has 0 radical (unpaired) electrons.